The minimum absolute atomic E-state index is 0.0265. The number of carbonyl (C=O) groups is 2. The highest BCUT2D eigenvalue weighted by molar-refractivity contribution is 5.77. The second-order valence-corrected chi connectivity index (χ2v) is 3.90. The normalized spacial score (nSPS) is 16.5. The topological polar surface area (TPSA) is 43.9 Å². The molecular weight excluding hydrogens is 194 g/mol. The smallest absolute Gasteiger partial charge is 0.319 e. The Bertz CT molecular complexity index is 245. The van der Waals surface area contributed by atoms with Crippen LogP contribution < -0.4 is 0 Å². The molecule has 0 N–H and O–H groups in total. The quantitative estimate of drug-likeness (QED) is 0.625. The van der Waals surface area contributed by atoms with Crippen molar-refractivity contribution in [1.82, 2.24) is 14.7 Å². The number of hydrogen-bond donors (Lipinski definition) is 0. The number of piperazine rings is 1. The zero-order valence-electron chi connectivity index (χ0n) is 9.69. The van der Waals surface area contributed by atoms with Crippen LogP contribution in [0.2, 0.25) is 0 Å². The average molecular weight is 213 g/mol. The van der Waals surface area contributed by atoms with Gasteiger partial charge < -0.3 is 14.7 Å². The van der Waals surface area contributed by atoms with E-state index in [1.54, 1.807) is 23.9 Å². The first-order valence-corrected chi connectivity index (χ1v) is 5.30. The summed E-state index contributed by atoms with van der Waals surface area (Å²) < 4.78 is 0. The molecule has 86 valence electrons. The highest BCUT2D eigenvalue weighted by atomic mass is 16.2. The summed E-state index contributed by atoms with van der Waals surface area (Å²) in [5.74, 6) is 0.173. The third kappa shape index (κ3) is 2.84. The monoisotopic (exact) mass is 213 g/mol. The number of amides is 3. The highest BCUT2D eigenvalue weighted by Crippen LogP contribution is 2.05. The fraction of sp³-hybridized carbons (Fsp3) is 0.800. The van der Waals surface area contributed by atoms with Crippen molar-refractivity contribution in [2.24, 2.45) is 0 Å². The van der Waals surface area contributed by atoms with E-state index in [1.807, 2.05) is 11.8 Å². The van der Waals surface area contributed by atoms with Gasteiger partial charge in [-0.15, -0.1) is 0 Å². The lowest BCUT2D eigenvalue weighted by molar-refractivity contribution is -0.132. The highest BCUT2D eigenvalue weighted by Gasteiger charge is 2.23. The summed E-state index contributed by atoms with van der Waals surface area (Å²) in [4.78, 5) is 28.1. The van der Waals surface area contributed by atoms with E-state index in [0.29, 0.717) is 32.6 Å². The second kappa shape index (κ2) is 5.00. The van der Waals surface area contributed by atoms with Gasteiger partial charge >= 0.3 is 6.03 Å². The molecule has 0 aromatic heterocycles. The SMILES string of the molecule is CCC(=O)N1CCN(C(=O)N(C)C)CC1. The summed E-state index contributed by atoms with van der Waals surface area (Å²) in [6.07, 6.45) is 0.543. The molecule has 3 amide bonds. The van der Waals surface area contributed by atoms with Crippen molar-refractivity contribution in [1.29, 1.82) is 0 Å². The van der Waals surface area contributed by atoms with E-state index in [1.165, 1.54) is 0 Å². The summed E-state index contributed by atoms with van der Waals surface area (Å²) in [5, 5.41) is 0. The predicted octanol–water partition coefficient (Wildman–Crippen LogP) is 0.222. The van der Waals surface area contributed by atoms with Crippen LogP contribution in [0.25, 0.3) is 0 Å². The standard InChI is InChI=1S/C10H19N3O2/c1-4-9(14)12-5-7-13(8-6-12)10(15)11(2)3/h4-8H2,1-3H3. The number of rotatable bonds is 1. The molecule has 1 saturated heterocycles. The van der Waals surface area contributed by atoms with Gasteiger partial charge in [-0.2, -0.15) is 0 Å². The van der Waals surface area contributed by atoms with Gasteiger partial charge in [-0.25, -0.2) is 4.79 Å². The first-order valence-electron chi connectivity index (χ1n) is 5.30. The molecule has 1 rings (SSSR count). The van der Waals surface area contributed by atoms with Gasteiger partial charge in [0.2, 0.25) is 5.91 Å². The molecule has 15 heavy (non-hydrogen) atoms. The van der Waals surface area contributed by atoms with E-state index < -0.39 is 0 Å². The van der Waals surface area contributed by atoms with Crippen molar-refractivity contribution in [3.05, 3.63) is 0 Å². The largest absolute Gasteiger partial charge is 0.339 e. The van der Waals surface area contributed by atoms with Crippen LogP contribution in [0.1, 0.15) is 13.3 Å². The van der Waals surface area contributed by atoms with Crippen LogP contribution in [0.4, 0.5) is 4.79 Å². The predicted molar refractivity (Wildman–Crippen MR) is 57.5 cm³/mol. The van der Waals surface area contributed by atoms with Crippen LogP contribution >= 0.6 is 0 Å². The summed E-state index contributed by atoms with van der Waals surface area (Å²) in [6.45, 7) is 4.46. The summed E-state index contributed by atoms with van der Waals surface area (Å²) >= 11 is 0. The fourth-order valence-electron chi connectivity index (χ4n) is 1.65. The Labute approximate surface area is 90.6 Å². The molecule has 0 unspecified atom stereocenters. The van der Waals surface area contributed by atoms with Crippen molar-refractivity contribution in [2.45, 2.75) is 13.3 Å². The summed E-state index contributed by atoms with van der Waals surface area (Å²) in [7, 11) is 3.48. The molecule has 0 aromatic carbocycles. The van der Waals surface area contributed by atoms with Gasteiger partial charge in [-0.1, -0.05) is 6.92 Å². The lowest BCUT2D eigenvalue weighted by Gasteiger charge is -2.35. The molecule has 1 heterocycles. The number of urea groups is 1. The molecule has 5 nitrogen and oxygen atoms in total. The molecule has 0 atom stereocenters. The van der Waals surface area contributed by atoms with E-state index in [-0.39, 0.29) is 11.9 Å². The molecule has 5 heteroatoms. The van der Waals surface area contributed by atoms with Crippen LogP contribution in [-0.4, -0.2) is 66.9 Å². The van der Waals surface area contributed by atoms with E-state index in [4.69, 9.17) is 0 Å². The van der Waals surface area contributed by atoms with Crippen molar-refractivity contribution in [3.8, 4) is 0 Å². The number of nitrogens with zero attached hydrogens (tertiary/aromatic N) is 3. The Morgan fingerprint density at radius 3 is 1.93 bits per heavy atom. The number of carbonyl (C=O) groups excluding carboxylic acids is 2. The lowest BCUT2D eigenvalue weighted by atomic mass is 10.3. The van der Waals surface area contributed by atoms with Gasteiger partial charge in [0.05, 0.1) is 0 Å². The molecule has 0 saturated carbocycles. The zero-order valence-corrected chi connectivity index (χ0v) is 9.69. The van der Waals surface area contributed by atoms with Crippen molar-refractivity contribution < 1.29 is 9.59 Å². The molecular formula is C10H19N3O2. The van der Waals surface area contributed by atoms with Gasteiger partial charge in [-0.3, -0.25) is 4.79 Å². The minimum atomic E-state index is 0.0265. The molecule has 0 aromatic rings. The second-order valence-electron chi connectivity index (χ2n) is 3.90. The molecule has 0 aliphatic carbocycles. The molecule has 0 radical (unpaired) electrons. The maximum Gasteiger partial charge on any atom is 0.319 e. The Kier molecular flexibility index (Phi) is 3.94. The minimum Gasteiger partial charge on any atom is -0.339 e. The molecule has 1 fully saturated rings. The van der Waals surface area contributed by atoms with E-state index in [9.17, 15) is 9.59 Å². The Hall–Kier alpha value is -1.26. The average Bonchev–Trinajstić information content (AvgIpc) is 2.27. The first kappa shape index (κ1) is 11.8. The maximum atomic E-state index is 11.6. The van der Waals surface area contributed by atoms with Crippen LogP contribution in [-0.2, 0) is 4.79 Å². The number of hydrogen-bond acceptors (Lipinski definition) is 2. The molecule has 1 aliphatic heterocycles. The van der Waals surface area contributed by atoms with Gasteiger partial charge in [0, 0.05) is 46.7 Å². The van der Waals surface area contributed by atoms with Gasteiger partial charge in [0.25, 0.3) is 0 Å². The summed E-state index contributed by atoms with van der Waals surface area (Å²) in [5.41, 5.74) is 0. The van der Waals surface area contributed by atoms with Gasteiger partial charge in [0.1, 0.15) is 0 Å². The van der Waals surface area contributed by atoms with Crippen molar-refractivity contribution in [3.63, 3.8) is 0 Å². The Morgan fingerprint density at radius 1 is 1.07 bits per heavy atom. The first-order chi connectivity index (χ1) is 7.06. The molecule has 0 spiro atoms. The van der Waals surface area contributed by atoms with Gasteiger partial charge in [0.15, 0.2) is 0 Å². The Balaban J connectivity index is 2.42. The summed E-state index contributed by atoms with van der Waals surface area (Å²) in [6, 6.07) is 0.0265. The molecule has 0 bridgehead atoms. The molecule has 1 aliphatic rings. The Morgan fingerprint density at radius 2 is 1.53 bits per heavy atom. The fourth-order valence-corrected chi connectivity index (χ4v) is 1.65. The van der Waals surface area contributed by atoms with E-state index in [2.05, 4.69) is 0 Å². The van der Waals surface area contributed by atoms with Crippen LogP contribution in [0.3, 0.4) is 0 Å². The van der Waals surface area contributed by atoms with E-state index >= 15 is 0 Å². The van der Waals surface area contributed by atoms with Crippen LogP contribution in [0.15, 0.2) is 0 Å². The van der Waals surface area contributed by atoms with Crippen LogP contribution in [0, 0.1) is 0 Å². The van der Waals surface area contributed by atoms with E-state index in [0.717, 1.165) is 0 Å². The third-order valence-corrected chi connectivity index (χ3v) is 2.59. The van der Waals surface area contributed by atoms with Crippen LogP contribution in [0.5, 0.6) is 0 Å². The lowest BCUT2D eigenvalue weighted by Crippen LogP contribution is -2.52. The van der Waals surface area contributed by atoms with Crippen molar-refractivity contribution in [2.75, 3.05) is 40.3 Å². The maximum absolute atomic E-state index is 11.6. The van der Waals surface area contributed by atoms with Crippen molar-refractivity contribution >= 4 is 11.9 Å². The third-order valence-electron chi connectivity index (χ3n) is 2.59. The van der Waals surface area contributed by atoms with Gasteiger partial charge in [-0.05, 0) is 0 Å². The zero-order chi connectivity index (χ0) is 11.4.